The number of hydrogen-bond donors (Lipinski definition) is 1. The van der Waals surface area contributed by atoms with E-state index in [0.29, 0.717) is 0 Å². The van der Waals surface area contributed by atoms with Crippen molar-refractivity contribution >= 4 is 19.9 Å². The molecule has 0 bridgehead atoms. The Balaban J connectivity index is 2.86. The largest absolute Gasteiger partial charge is 0.322 e. The van der Waals surface area contributed by atoms with E-state index in [-0.39, 0.29) is 32.5 Å². The van der Waals surface area contributed by atoms with Gasteiger partial charge in [0.2, 0.25) is 0 Å². The van der Waals surface area contributed by atoms with Crippen molar-refractivity contribution in [1.29, 1.82) is 0 Å². The van der Waals surface area contributed by atoms with Crippen LogP contribution in [0.5, 0.6) is 0 Å². The van der Waals surface area contributed by atoms with Gasteiger partial charge in [-0.3, -0.25) is 0 Å². The molecule has 218 valence electrons. The molecule has 0 amide bonds. The second kappa shape index (κ2) is 10.6. The molecule has 2 aromatic carbocycles. The van der Waals surface area contributed by atoms with E-state index >= 15 is 0 Å². The molecule has 2 aromatic rings. The predicted molar refractivity (Wildman–Crippen MR) is 178 cm³/mol. The first-order valence-corrected chi connectivity index (χ1v) is 15.6. The van der Waals surface area contributed by atoms with Crippen molar-refractivity contribution in [2.45, 2.75) is 157 Å². The van der Waals surface area contributed by atoms with Gasteiger partial charge in [-0.2, -0.15) is 0 Å². The van der Waals surface area contributed by atoms with Gasteiger partial charge in [-0.05, 0) is 65.9 Å². The third-order valence-corrected chi connectivity index (χ3v) is 8.15. The van der Waals surface area contributed by atoms with Crippen molar-refractivity contribution in [3.63, 3.8) is 0 Å². The van der Waals surface area contributed by atoms with Crippen LogP contribution in [0.15, 0.2) is 29.0 Å². The first kappa shape index (κ1) is 33.5. The molecule has 3 heteroatoms. The van der Waals surface area contributed by atoms with E-state index in [1.807, 2.05) is 0 Å². The maximum atomic E-state index is 5.34. The van der Waals surface area contributed by atoms with E-state index in [0.717, 1.165) is 14.2 Å². The maximum Gasteiger partial charge on any atom is 0.130 e. The lowest BCUT2D eigenvalue weighted by molar-refractivity contribution is 0.550. The summed E-state index contributed by atoms with van der Waals surface area (Å²) in [5.74, 6) is 0. The van der Waals surface area contributed by atoms with Crippen LogP contribution in [-0.2, 0) is 32.5 Å². The number of rotatable bonds is 3. The second-order valence-corrected chi connectivity index (χ2v) is 18.3. The van der Waals surface area contributed by atoms with Gasteiger partial charge in [-0.15, -0.1) is 0 Å². The first-order valence-electron chi connectivity index (χ1n) is 14.7. The highest BCUT2D eigenvalue weighted by molar-refractivity contribution is 7.29. The Morgan fingerprint density at radius 2 is 0.718 bits per heavy atom. The van der Waals surface area contributed by atoms with Crippen molar-refractivity contribution in [3.05, 3.63) is 57.6 Å². The first-order chi connectivity index (χ1) is 17.1. The monoisotopic (exact) mass is 550 g/mol. The summed E-state index contributed by atoms with van der Waals surface area (Å²) in [6, 6.07) is 9.66. The third-order valence-electron chi connectivity index (χ3n) is 7.52. The molecular formula is C36H59N2P. The Bertz CT molecular complexity index is 1140. The molecule has 0 saturated carbocycles. The highest BCUT2D eigenvalue weighted by Gasteiger charge is 2.31. The number of hydrogen-bond acceptors (Lipinski definition) is 1. The molecule has 2 nitrogen and oxygen atoms in total. The van der Waals surface area contributed by atoms with E-state index in [9.17, 15) is 0 Å². The van der Waals surface area contributed by atoms with Crippen molar-refractivity contribution in [1.82, 2.24) is 0 Å². The normalized spacial score (nSPS) is 14.3. The zero-order chi connectivity index (χ0) is 30.6. The Kier molecular flexibility index (Phi) is 9.14. The van der Waals surface area contributed by atoms with Gasteiger partial charge in [0, 0.05) is 0 Å². The minimum Gasteiger partial charge on any atom is -0.322 e. The molecule has 0 heterocycles. The Morgan fingerprint density at radius 3 is 0.974 bits per heavy atom. The second-order valence-electron chi connectivity index (χ2n) is 17.7. The van der Waals surface area contributed by atoms with Crippen LogP contribution in [0.1, 0.15) is 158 Å². The molecule has 1 N–H and O–H groups in total. The summed E-state index contributed by atoms with van der Waals surface area (Å²) in [5, 5.41) is 3.83. The molecule has 0 spiro atoms. The van der Waals surface area contributed by atoms with E-state index < -0.39 is 0 Å². The fourth-order valence-corrected chi connectivity index (χ4v) is 5.53. The average molecular weight is 551 g/mol. The van der Waals surface area contributed by atoms with Crippen molar-refractivity contribution in [2.24, 2.45) is 4.74 Å². The van der Waals surface area contributed by atoms with Gasteiger partial charge in [-0.1, -0.05) is 149 Å². The minimum absolute atomic E-state index is 0.000605. The van der Waals surface area contributed by atoms with Gasteiger partial charge in [-0.25, -0.2) is 4.74 Å². The van der Waals surface area contributed by atoms with Crippen LogP contribution in [0.3, 0.4) is 0 Å². The molecule has 0 aliphatic rings. The minimum atomic E-state index is -0.0168. The maximum absolute atomic E-state index is 5.34. The molecule has 0 unspecified atom stereocenters. The van der Waals surface area contributed by atoms with Crippen molar-refractivity contribution in [3.8, 4) is 0 Å². The molecule has 0 radical (unpaired) electrons. The summed E-state index contributed by atoms with van der Waals surface area (Å²) in [7, 11) is 0.857. The van der Waals surface area contributed by atoms with Gasteiger partial charge < -0.3 is 5.09 Å². The number of anilines is 1. The molecule has 0 fully saturated rings. The van der Waals surface area contributed by atoms with Gasteiger partial charge in [0.1, 0.15) is 8.52 Å². The smallest absolute Gasteiger partial charge is 0.130 e. The summed E-state index contributed by atoms with van der Waals surface area (Å²) in [5.41, 5.74) is 10.6. The summed E-state index contributed by atoms with van der Waals surface area (Å²) >= 11 is 0. The van der Waals surface area contributed by atoms with Gasteiger partial charge >= 0.3 is 0 Å². The Labute approximate surface area is 244 Å². The standard InChI is InChI=1S/C36H59N2P/c1-31(2,3)23-19-25(33(7,8)9)29(26(20-23)34(10,11)12)37-39-38-30-27(35(13,14)15)21-24(32(4,5)6)22-28(30)36(16,17)18/h19-22H,1-18H3,(H,37,38). The van der Waals surface area contributed by atoms with Gasteiger partial charge in [0.15, 0.2) is 0 Å². The fourth-order valence-electron chi connectivity index (χ4n) is 4.82. The fraction of sp³-hybridized carbons (Fsp3) is 0.667. The average Bonchev–Trinajstić information content (AvgIpc) is 2.68. The number of nitrogens with zero attached hydrogens (tertiary/aromatic N) is 1. The quantitative estimate of drug-likeness (QED) is 0.378. The highest BCUT2D eigenvalue weighted by atomic mass is 31.1. The SMILES string of the molecule is CC(C)(C)c1cc(C(C)(C)C)c(N=PNc2c(C(C)(C)C)cc(C(C)(C)C)cc2C(C)(C)C)c(C(C)(C)C)c1. The molecule has 39 heavy (non-hydrogen) atoms. The van der Waals surface area contributed by atoms with Crippen LogP contribution in [0.2, 0.25) is 0 Å². The molecule has 0 aliphatic heterocycles. The molecule has 0 aromatic heterocycles. The molecular weight excluding hydrogens is 491 g/mol. The molecule has 2 rings (SSSR count). The van der Waals surface area contributed by atoms with Crippen LogP contribution in [0.4, 0.5) is 11.4 Å². The molecule has 0 saturated heterocycles. The van der Waals surface area contributed by atoms with E-state index in [4.69, 9.17) is 4.74 Å². The lowest BCUT2D eigenvalue weighted by Gasteiger charge is -2.33. The van der Waals surface area contributed by atoms with Crippen LogP contribution in [0, 0.1) is 0 Å². The van der Waals surface area contributed by atoms with Gasteiger partial charge in [0.05, 0.1) is 11.4 Å². The summed E-state index contributed by atoms with van der Waals surface area (Å²) in [4.78, 5) is 0. The molecule has 0 aliphatic carbocycles. The number of benzene rings is 2. The summed E-state index contributed by atoms with van der Waals surface area (Å²) in [6.07, 6.45) is 0. The van der Waals surface area contributed by atoms with Crippen LogP contribution < -0.4 is 5.09 Å². The van der Waals surface area contributed by atoms with E-state index in [2.05, 4.69) is 154 Å². The topological polar surface area (TPSA) is 24.4 Å². The third kappa shape index (κ3) is 8.19. The Hall–Kier alpha value is -1.66. The van der Waals surface area contributed by atoms with Gasteiger partial charge in [0.25, 0.3) is 0 Å². The summed E-state index contributed by atoms with van der Waals surface area (Å²) in [6.45, 7) is 41.6. The zero-order valence-corrected chi connectivity index (χ0v) is 29.6. The van der Waals surface area contributed by atoms with Crippen LogP contribution >= 0.6 is 8.52 Å². The lowest BCUT2D eigenvalue weighted by atomic mass is 9.74. The van der Waals surface area contributed by atoms with E-state index in [1.54, 1.807) is 0 Å². The summed E-state index contributed by atoms with van der Waals surface area (Å²) < 4.78 is 5.34. The Morgan fingerprint density at radius 1 is 0.436 bits per heavy atom. The highest BCUT2D eigenvalue weighted by Crippen LogP contribution is 2.46. The number of nitrogens with one attached hydrogen (secondary N) is 1. The van der Waals surface area contributed by atoms with E-state index in [1.165, 1.54) is 39.1 Å². The predicted octanol–water partition coefficient (Wildman–Crippen LogP) is 12.3. The van der Waals surface area contributed by atoms with Crippen molar-refractivity contribution < 1.29 is 0 Å². The van der Waals surface area contributed by atoms with Crippen molar-refractivity contribution in [2.75, 3.05) is 5.09 Å². The lowest BCUT2D eigenvalue weighted by Crippen LogP contribution is -2.23. The molecule has 0 atom stereocenters. The van der Waals surface area contributed by atoms with Crippen LogP contribution in [-0.4, -0.2) is 0 Å². The van der Waals surface area contributed by atoms with Crippen LogP contribution in [0.25, 0.3) is 0 Å². The zero-order valence-electron chi connectivity index (χ0n) is 28.7.